The summed E-state index contributed by atoms with van der Waals surface area (Å²) >= 11 is 5.88. The largest absolute Gasteiger partial charge is 0.399 e. The Morgan fingerprint density at radius 3 is 2.68 bits per heavy atom. The highest BCUT2D eigenvalue weighted by molar-refractivity contribution is 7.92. The fraction of sp³-hybridized carbons (Fsp3) is 0.417. The summed E-state index contributed by atoms with van der Waals surface area (Å²) < 4.78 is 23.2. The van der Waals surface area contributed by atoms with Crippen molar-refractivity contribution < 1.29 is 13.2 Å². The Labute approximate surface area is 118 Å². The van der Waals surface area contributed by atoms with Gasteiger partial charge in [-0.2, -0.15) is 0 Å². The Morgan fingerprint density at radius 1 is 1.42 bits per heavy atom. The van der Waals surface area contributed by atoms with Crippen molar-refractivity contribution in [2.24, 2.45) is 0 Å². The van der Waals surface area contributed by atoms with Gasteiger partial charge in [-0.1, -0.05) is 24.9 Å². The van der Waals surface area contributed by atoms with Crippen LogP contribution < -0.4 is 11.1 Å². The van der Waals surface area contributed by atoms with Gasteiger partial charge in [-0.15, -0.1) is 0 Å². The zero-order chi connectivity index (χ0) is 14.5. The zero-order valence-electron chi connectivity index (χ0n) is 10.6. The molecule has 1 rings (SSSR count). The van der Waals surface area contributed by atoms with Crippen LogP contribution in [0.1, 0.15) is 19.8 Å². The van der Waals surface area contributed by atoms with E-state index in [2.05, 4.69) is 5.32 Å². The topological polar surface area (TPSA) is 89.3 Å². The van der Waals surface area contributed by atoms with Crippen LogP contribution in [0.4, 0.5) is 11.4 Å². The SMILES string of the molecule is CCCCS(=O)(=O)CC(=O)Nc1ccc(N)cc1Cl. The molecule has 1 aromatic rings. The standard InChI is InChI=1S/C12H17ClN2O3S/c1-2-3-6-19(17,18)8-12(16)15-11-5-4-9(14)7-10(11)13/h4-5,7H,2-3,6,8,14H2,1H3,(H,15,16). The van der Waals surface area contributed by atoms with E-state index in [0.29, 0.717) is 17.8 Å². The predicted molar refractivity (Wildman–Crippen MR) is 78.1 cm³/mol. The lowest BCUT2D eigenvalue weighted by Crippen LogP contribution is -2.24. The normalized spacial score (nSPS) is 11.3. The van der Waals surface area contributed by atoms with Crippen LogP contribution in [0, 0.1) is 0 Å². The minimum absolute atomic E-state index is 0.0202. The molecule has 0 atom stereocenters. The summed E-state index contributed by atoms with van der Waals surface area (Å²) in [5.41, 5.74) is 6.35. The highest BCUT2D eigenvalue weighted by Crippen LogP contribution is 2.23. The first-order valence-corrected chi connectivity index (χ1v) is 8.09. The molecule has 1 amide bonds. The van der Waals surface area contributed by atoms with Crippen LogP contribution >= 0.6 is 11.6 Å². The Bertz CT molecular complexity index is 558. The van der Waals surface area contributed by atoms with Gasteiger partial charge < -0.3 is 11.1 Å². The number of nitrogens with one attached hydrogen (secondary N) is 1. The third-order valence-corrected chi connectivity index (χ3v) is 4.35. The fourth-order valence-corrected chi connectivity index (χ4v) is 3.04. The molecule has 0 spiro atoms. The van der Waals surface area contributed by atoms with Gasteiger partial charge in [0.1, 0.15) is 5.75 Å². The first-order valence-electron chi connectivity index (χ1n) is 5.89. The number of sulfone groups is 1. The molecule has 0 bridgehead atoms. The Morgan fingerprint density at radius 2 is 2.11 bits per heavy atom. The lowest BCUT2D eigenvalue weighted by molar-refractivity contribution is -0.113. The molecular weight excluding hydrogens is 288 g/mol. The number of amides is 1. The third kappa shape index (κ3) is 5.48. The van der Waals surface area contributed by atoms with Crippen molar-refractivity contribution in [3.63, 3.8) is 0 Å². The molecule has 106 valence electrons. The minimum atomic E-state index is -3.36. The molecule has 0 aliphatic carbocycles. The van der Waals surface area contributed by atoms with Crippen molar-refractivity contribution >= 4 is 38.7 Å². The zero-order valence-corrected chi connectivity index (χ0v) is 12.2. The molecule has 0 unspecified atom stereocenters. The second-order valence-corrected chi connectivity index (χ2v) is 6.82. The van der Waals surface area contributed by atoms with Crippen LogP contribution in [0.3, 0.4) is 0 Å². The Balaban J connectivity index is 2.65. The van der Waals surface area contributed by atoms with Gasteiger partial charge in [-0.05, 0) is 24.6 Å². The van der Waals surface area contributed by atoms with E-state index in [-0.39, 0.29) is 10.8 Å². The smallest absolute Gasteiger partial charge is 0.239 e. The van der Waals surface area contributed by atoms with E-state index in [4.69, 9.17) is 17.3 Å². The van der Waals surface area contributed by atoms with Crippen LogP contribution in [0.5, 0.6) is 0 Å². The number of unbranched alkanes of at least 4 members (excludes halogenated alkanes) is 1. The molecule has 0 aliphatic heterocycles. The van der Waals surface area contributed by atoms with Gasteiger partial charge in [0.05, 0.1) is 16.5 Å². The molecule has 7 heteroatoms. The molecule has 1 aromatic carbocycles. The van der Waals surface area contributed by atoms with Crippen molar-refractivity contribution in [1.82, 2.24) is 0 Å². The average Bonchev–Trinajstić information content (AvgIpc) is 2.29. The van der Waals surface area contributed by atoms with Crippen LogP contribution in [-0.4, -0.2) is 25.8 Å². The molecule has 0 fully saturated rings. The van der Waals surface area contributed by atoms with Gasteiger partial charge in [-0.25, -0.2) is 8.42 Å². The van der Waals surface area contributed by atoms with E-state index >= 15 is 0 Å². The number of hydrogen-bond acceptors (Lipinski definition) is 4. The van der Waals surface area contributed by atoms with Crippen LogP contribution in [0.15, 0.2) is 18.2 Å². The average molecular weight is 305 g/mol. The van der Waals surface area contributed by atoms with E-state index in [1.54, 1.807) is 6.07 Å². The van der Waals surface area contributed by atoms with E-state index in [0.717, 1.165) is 6.42 Å². The molecule has 0 heterocycles. The van der Waals surface area contributed by atoms with Crippen LogP contribution in [-0.2, 0) is 14.6 Å². The second-order valence-electron chi connectivity index (χ2n) is 4.23. The number of benzene rings is 1. The first kappa shape index (κ1) is 15.8. The van der Waals surface area contributed by atoms with Crippen molar-refractivity contribution in [1.29, 1.82) is 0 Å². The monoisotopic (exact) mass is 304 g/mol. The van der Waals surface area contributed by atoms with Gasteiger partial charge in [0.25, 0.3) is 0 Å². The lowest BCUT2D eigenvalue weighted by Gasteiger charge is -2.08. The summed E-state index contributed by atoms with van der Waals surface area (Å²) in [6, 6.07) is 4.60. The van der Waals surface area contributed by atoms with E-state index in [9.17, 15) is 13.2 Å². The first-order chi connectivity index (χ1) is 8.84. The number of carbonyl (C=O) groups excluding carboxylic acids is 1. The highest BCUT2D eigenvalue weighted by atomic mass is 35.5. The Hall–Kier alpha value is -1.27. The summed E-state index contributed by atoms with van der Waals surface area (Å²) in [5, 5.41) is 2.74. The molecule has 5 nitrogen and oxygen atoms in total. The van der Waals surface area contributed by atoms with Gasteiger partial charge in [0, 0.05) is 5.69 Å². The van der Waals surface area contributed by atoms with Crippen molar-refractivity contribution in [2.75, 3.05) is 22.6 Å². The summed E-state index contributed by atoms with van der Waals surface area (Å²) in [6.45, 7) is 1.89. The number of hydrogen-bond donors (Lipinski definition) is 2. The molecule has 0 saturated heterocycles. The maximum atomic E-state index is 11.6. The molecule has 0 radical (unpaired) electrons. The summed E-state index contributed by atoms with van der Waals surface area (Å²) in [5.74, 6) is -1.11. The second kappa shape index (κ2) is 6.77. The lowest BCUT2D eigenvalue weighted by atomic mass is 10.3. The Kier molecular flexibility index (Phi) is 5.62. The molecule has 19 heavy (non-hydrogen) atoms. The van der Waals surface area contributed by atoms with Crippen LogP contribution in [0.2, 0.25) is 5.02 Å². The predicted octanol–water partition coefficient (Wildman–Crippen LogP) is 2.08. The van der Waals surface area contributed by atoms with Crippen LogP contribution in [0.25, 0.3) is 0 Å². The van der Waals surface area contributed by atoms with Crippen molar-refractivity contribution in [3.05, 3.63) is 23.2 Å². The number of halogens is 1. The van der Waals surface area contributed by atoms with Gasteiger partial charge in [0.15, 0.2) is 9.84 Å². The third-order valence-electron chi connectivity index (χ3n) is 2.43. The molecular formula is C12H17ClN2O3S. The number of anilines is 2. The minimum Gasteiger partial charge on any atom is -0.399 e. The molecule has 0 saturated carbocycles. The number of rotatable bonds is 6. The molecule has 0 aromatic heterocycles. The number of carbonyl (C=O) groups is 1. The quantitative estimate of drug-likeness (QED) is 0.787. The van der Waals surface area contributed by atoms with E-state index in [1.807, 2.05) is 6.92 Å². The highest BCUT2D eigenvalue weighted by Gasteiger charge is 2.16. The van der Waals surface area contributed by atoms with Crippen molar-refractivity contribution in [2.45, 2.75) is 19.8 Å². The van der Waals surface area contributed by atoms with Gasteiger partial charge in [-0.3, -0.25) is 4.79 Å². The maximum absolute atomic E-state index is 11.6. The van der Waals surface area contributed by atoms with E-state index < -0.39 is 21.5 Å². The molecule has 3 N–H and O–H groups in total. The van der Waals surface area contributed by atoms with Gasteiger partial charge >= 0.3 is 0 Å². The summed E-state index contributed by atoms with van der Waals surface area (Å²) in [7, 11) is -3.36. The maximum Gasteiger partial charge on any atom is 0.239 e. The number of nitrogen functional groups attached to an aromatic ring is 1. The number of nitrogens with two attached hydrogens (primary N) is 1. The summed E-state index contributed by atoms with van der Waals surface area (Å²) in [4.78, 5) is 11.6. The van der Waals surface area contributed by atoms with Gasteiger partial charge in [0.2, 0.25) is 5.91 Å². The molecule has 0 aliphatic rings. The van der Waals surface area contributed by atoms with Crippen molar-refractivity contribution in [3.8, 4) is 0 Å². The fourth-order valence-electron chi connectivity index (χ4n) is 1.46. The summed E-state index contributed by atoms with van der Waals surface area (Å²) in [6.07, 6.45) is 1.32. The van der Waals surface area contributed by atoms with E-state index in [1.165, 1.54) is 12.1 Å².